The van der Waals surface area contributed by atoms with E-state index in [2.05, 4.69) is 46.4 Å². The Morgan fingerprint density at radius 3 is 1.87 bits per heavy atom. The van der Waals surface area contributed by atoms with Crippen molar-refractivity contribution in [3.63, 3.8) is 0 Å². The van der Waals surface area contributed by atoms with E-state index in [0.717, 1.165) is 0 Å². The van der Waals surface area contributed by atoms with Crippen LogP contribution in [0.5, 0.6) is 0 Å². The largest absolute Gasteiger partial charge is 0.360 e. The molecule has 0 amide bonds. The monoisotopic (exact) mass is 211 g/mol. The molecule has 0 saturated carbocycles. The maximum absolute atomic E-state index is 5.87. The van der Waals surface area contributed by atoms with Crippen molar-refractivity contribution in [1.29, 1.82) is 0 Å². The van der Waals surface area contributed by atoms with Crippen molar-refractivity contribution in [1.82, 2.24) is 4.90 Å². The number of ether oxygens (including phenoxy) is 1. The molecule has 2 heteroatoms. The molecular weight excluding hydrogens is 186 g/mol. The molecule has 88 valence electrons. The van der Waals surface area contributed by atoms with E-state index >= 15 is 0 Å². The highest BCUT2D eigenvalue weighted by atomic mass is 16.5. The highest BCUT2D eigenvalue weighted by Gasteiger charge is 2.52. The summed E-state index contributed by atoms with van der Waals surface area (Å²) in [5.74, 6) is 0. The SMILES string of the molecule is CC(C)(C)C1CC2CC(O2)N1C(C)(C)C. The van der Waals surface area contributed by atoms with Gasteiger partial charge in [-0.2, -0.15) is 0 Å². The molecule has 3 heterocycles. The first-order chi connectivity index (χ1) is 6.69. The molecule has 3 aliphatic heterocycles. The first-order valence-electron chi connectivity index (χ1n) is 6.13. The summed E-state index contributed by atoms with van der Waals surface area (Å²) in [5, 5.41) is 0. The van der Waals surface area contributed by atoms with E-state index in [0.29, 0.717) is 23.8 Å². The third kappa shape index (κ3) is 1.94. The molecule has 0 radical (unpaired) electrons. The standard InChI is InChI=1S/C13H25NO/c1-12(2,3)10-7-9-8-11(15-9)14(10)13(4,5)6/h9-11H,7-8H2,1-6H3. The normalized spacial score (nSPS) is 37.6. The summed E-state index contributed by atoms with van der Waals surface area (Å²) in [6.07, 6.45) is 3.37. The van der Waals surface area contributed by atoms with E-state index < -0.39 is 0 Å². The highest BCUT2D eigenvalue weighted by molar-refractivity contribution is 5.01. The second kappa shape index (κ2) is 3.21. The summed E-state index contributed by atoms with van der Waals surface area (Å²) in [7, 11) is 0. The number of nitrogens with zero attached hydrogens (tertiary/aromatic N) is 1. The van der Waals surface area contributed by atoms with Crippen LogP contribution >= 0.6 is 0 Å². The average molecular weight is 211 g/mol. The van der Waals surface area contributed by atoms with Gasteiger partial charge < -0.3 is 4.74 Å². The van der Waals surface area contributed by atoms with Crippen LogP contribution in [0.2, 0.25) is 0 Å². The Morgan fingerprint density at radius 2 is 1.53 bits per heavy atom. The maximum atomic E-state index is 5.87. The molecule has 3 fully saturated rings. The van der Waals surface area contributed by atoms with E-state index in [-0.39, 0.29) is 5.54 Å². The Morgan fingerprint density at radius 1 is 1.00 bits per heavy atom. The molecular formula is C13H25NO. The summed E-state index contributed by atoms with van der Waals surface area (Å²) >= 11 is 0. The zero-order valence-corrected chi connectivity index (χ0v) is 11.0. The molecule has 3 unspecified atom stereocenters. The number of hydrogen-bond acceptors (Lipinski definition) is 2. The van der Waals surface area contributed by atoms with Gasteiger partial charge in [-0.25, -0.2) is 0 Å². The van der Waals surface area contributed by atoms with Gasteiger partial charge in [-0.05, 0) is 32.6 Å². The zero-order valence-electron chi connectivity index (χ0n) is 11.0. The van der Waals surface area contributed by atoms with Crippen molar-refractivity contribution in [3.05, 3.63) is 0 Å². The second-order valence-electron chi connectivity index (χ2n) is 7.14. The summed E-state index contributed by atoms with van der Waals surface area (Å²) in [6.45, 7) is 13.9. The first kappa shape index (κ1) is 11.4. The molecule has 2 nitrogen and oxygen atoms in total. The Hall–Kier alpha value is -0.0800. The van der Waals surface area contributed by atoms with Gasteiger partial charge in [-0.1, -0.05) is 20.8 Å². The van der Waals surface area contributed by atoms with Gasteiger partial charge in [-0.3, -0.25) is 4.90 Å². The quantitative estimate of drug-likeness (QED) is 0.610. The third-order valence-electron chi connectivity index (χ3n) is 3.72. The summed E-state index contributed by atoms with van der Waals surface area (Å²) < 4.78 is 5.87. The molecule has 15 heavy (non-hydrogen) atoms. The zero-order chi connectivity index (χ0) is 11.4. The topological polar surface area (TPSA) is 12.5 Å². The van der Waals surface area contributed by atoms with Crippen LogP contribution in [-0.2, 0) is 4.74 Å². The minimum absolute atomic E-state index is 0.216. The van der Waals surface area contributed by atoms with Crippen LogP contribution in [0.4, 0.5) is 0 Å². The van der Waals surface area contributed by atoms with Gasteiger partial charge in [0.25, 0.3) is 0 Å². The lowest BCUT2D eigenvalue weighted by molar-refractivity contribution is -0.286. The Kier molecular flexibility index (Phi) is 2.44. The number of hydrogen-bond donors (Lipinski definition) is 0. The van der Waals surface area contributed by atoms with Crippen LogP contribution in [0, 0.1) is 5.41 Å². The lowest BCUT2D eigenvalue weighted by Crippen LogP contribution is -2.68. The fourth-order valence-electron chi connectivity index (χ4n) is 3.00. The van der Waals surface area contributed by atoms with Crippen LogP contribution in [0.25, 0.3) is 0 Å². The van der Waals surface area contributed by atoms with E-state index in [1.807, 2.05) is 0 Å². The third-order valence-corrected chi connectivity index (χ3v) is 3.72. The van der Waals surface area contributed by atoms with Crippen molar-refractivity contribution >= 4 is 0 Å². The van der Waals surface area contributed by atoms with Gasteiger partial charge in [0.15, 0.2) is 0 Å². The van der Waals surface area contributed by atoms with Crippen molar-refractivity contribution in [2.24, 2.45) is 5.41 Å². The molecule has 2 bridgehead atoms. The number of fused-ring (bicyclic) bond motifs is 2. The summed E-state index contributed by atoms with van der Waals surface area (Å²) in [6, 6.07) is 0.662. The van der Waals surface area contributed by atoms with Crippen molar-refractivity contribution < 1.29 is 4.74 Å². The number of piperidine rings is 1. The Balaban J connectivity index is 2.22. The van der Waals surface area contributed by atoms with Gasteiger partial charge in [0.05, 0.1) is 6.10 Å². The minimum atomic E-state index is 0.216. The van der Waals surface area contributed by atoms with Gasteiger partial charge in [-0.15, -0.1) is 0 Å². The van der Waals surface area contributed by atoms with E-state index in [4.69, 9.17) is 4.74 Å². The first-order valence-corrected chi connectivity index (χ1v) is 6.13. The molecule has 0 spiro atoms. The van der Waals surface area contributed by atoms with E-state index in [9.17, 15) is 0 Å². The average Bonchev–Trinajstić information content (AvgIpc) is 1.98. The Bertz CT molecular complexity index is 242. The van der Waals surface area contributed by atoms with Crippen molar-refractivity contribution in [2.75, 3.05) is 0 Å². The maximum Gasteiger partial charge on any atom is 0.114 e. The lowest BCUT2D eigenvalue weighted by atomic mass is 9.75. The molecule has 0 aromatic heterocycles. The molecule has 3 saturated heterocycles. The molecule has 3 atom stereocenters. The van der Waals surface area contributed by atoms with Crippen molar-refractivity contribution in [2.45, 2.75) is 78.3 Å². The Labute approximate surface area is 94.0 Å². The van der Waals surface area contributed by atoms with Gasteiger partial charge >= 0.3 is 0 Å². The van der Waals surface area contributed by atoms with E-state index in [1.165, 1.54) is 12.8 Å². The number of rotatable bonds is 0. The molecule has 0 aliphatic carbocycles. The minimum Gasteiger partial charge on any atom is -0.360 e. The lowest BCUT2D eigenvalue weighted by Gasteiger charge is -2.61. The molecule has 0 aromatic carbocycles. The smallest absolute Gasteiger partial charge is 0.114 e. The fraction of sp³-hybridized carbons (Fsp3) is 1.00. The van der Waals surface area contributed by atoms with Gasteiger partial charge in [0.2, 0.25) is 0 Å². The molecule has 0 N–H and O–H groups in total. The summed E-state index contributed by atoms with van der Waals surface area (Å²) in [4.78, 5) is 2.59. The van der Waals surface area contributed by atoms with Crippen LogP contribution in [0.1, 0.15) is 54.4 Å². The fourth-order valence-corrected chi connectivity index (χ4v) is 3.00. The predicted molar refractivity (Wildman–Crippen MR) is 62.7 cm³/mol. The van der Waals surface area contributed by atoms with Crippen LogP contribution in [0.15, 0.2) is 0 Å². The van der Waals surface area contributed by atoms with Crippen molar-refractivity contribution in [3.8, 4) is 0 Å². The van der Waals surface area contributed by atoms with Gasteiger partial charge in [0.1, 0.15) is 6.23 Å². The van der Waals surface area contributed by atoms with E-state index in [1.54, 1.807) is 0 Å². The molecule has 0 aromatic rings. The molecule has 3 rings (SSSR count). The molecule has 3 aliphatic rings. The van der Waals surface area contributed by atoms with Crippen LogP contribution in [0.3, 0.4) is 0 Å². The summed E-state index contributed by atoms with van der Waals surface area (Å²) in [5.41, 5.74) is 0.571. The van der Waals surface area contributed by atoms with Crippen LogP contribution < -0.4 is 0 Å². The van der Waals surface area contributed by atoms with Crippen LogP contribution in [-0.4, -0.2) is 28.8 Å². The predicted octanol–water partition coefficient (Wildman–Crippen LogP) is 3.02. The second-order valence-corrected chi connectivity index (χ2v) is 7.14. The van der Waals surface area contributed by atoms with Gasteiger partial charge in [0, 0.05) is 18.0 Å². The highest BCUT2D eigenvalue weighted by Crippen LogP contribution is 2.45.